The smallest absolute Gasteiger partial charge is 0.381 e. The van der Waals surface area contributed by atoms with Crippen LogP contribution in [-0.2, 0) is 0 Å². The van der Waals surface area contributed by atoms with Crippen LogP contribution in [0.1, 0.15) is 0 Å². The van der Waals surface area contributed by atoms with Crippen LogP contribution in [0, 0.1) is 5.82 Å². The van der Waals surface area contributed by atoms with E-state index in [0.717, 1.165) is 0 Å². The number of nitrogen functional groups attached to an aromatic ring is 1. The van der Waals surface area contributed by atoms with Crippen molar-refractivity contribution in [1.29, 1.82) is 0 Å². The third-order valence-electron chi connectivity index (χ3n) is 1.22. The molecule has 0 aliphatic rings. The zero-order chi connectivity index (χ0) is 10.8. The van der Waals surface area contributed by atoms with Gasteiger partial charge in [0, 0.05) is 0 Å². The largest absolute Gasteiger partial charge is 0.405 e. The third kappa shape index (κ3) is 3.04. The van der Waals surface area contributed by atoms with Gasteiger partial charge in [0.05, 0.1) is 6.20 Å². The SMILES string of the molecule is Nc1nc(NCC(F)(F)F)ncc1F. The first-order chi connectivity index (χ1) is 6.38. The minimum absolute atomic E-state index is 0.360. The second-order valence-corrected chi connectivity index (χ2v) is 2.40. The molecule has 1 aromatic rings. The topological polar surface area (TPSA) is 63.8 Å². The summed E-state index contributed by atoms with van der Waals surface area (Å²) < 4.78 is 47.6. The molecule has 0 aromatic carbocycles. The van der Waals surface area contributed by atoms with Crippen LogP contribution in [0.5, 0.6) is 0 Å². The minimum atomic E-state index is -4.38. The van der Waals surface area contributed by atoms with Crippen molar-refractivity contribution in [1.82, 2.24) is 9.97 Å². The van der Waals surface area contributed by atoms with Crippen molar-refractivity contribution in [3.8, 4) is 0 Å². The summed E-state index contributed by atoms with van der Waals surface area (Å²) in [6.45, 7) is -1.29. The Balaban J connectivity index is 2.65. The Morgan fingerprint density at radius 3 is 2.57 bits per heavy atom. The molecule has 0 atom stereocenters. The highest BCUT2D eigenvalue weighted by molar-refractivity contribution is 5.36. The number of hydrogen-bond donors (Lipinski definition) is 2. The molecule has 78 valence electrons. The maximum absolute atomic E-state index is 12.5. The van der Waals surface area contributed by atoms with E-state index in [0.29, 0.717) is 6.20 Å². The molecule has 0 unspecified atom stereocenters. The van der Waals surface area contributed by atoms with Gasteiger partial charge in [0.25, 0.3) is 0 Å². The number of nitrogens with zero attached hydrogens (tertiary/aromatic N) is 2. The van der Waals surface area contributed by atoms with Crippen LogP contribution in [-0.4, -0.2) is 22.7 Å². The van der Waals surface area contributed by atoms with Gasteiger partial charge in [-0.2, -0.15) is 18.2 Å². The first kappa shape index (κ1) is 10.5. The summed E-state index contributed by atoms with van der Waals surface area (Å²) in [5.74, 6) is -1.73. The van der Waals surface area contributed by atoms with Gasteiger partial charge in [0.1, 0.15) is 6.54 Å². The van der Waals surface area contributed by atoms with Crippen molar-refractivity contribution in [2.45, 2.75) is 6.18 Å². The van der Waals surface area contributed by atoms with Crippen molar-refractivity contribution >= 4 is 11.8 Å². The average Bonchev–Trinajstić information content (AvgIpc) is 2.06. The molecule has 8 heteroatoms. The van der Waals surface area contributed by atoms with Gasteiger partial charge in [-0.1, -0.05) is 0 Å². The molecular formula is C6H6F4N4. The van der Waals surface area contributed by atoms with E-state index in [1.807, 2.05) is 5.32 Å². The van der Waals surface area contributed by atoms with Gasteiger partial charge < -0.3 is 11.1 Å². The van der Waals surface area contributed by atoms with E-state index < -0.39 is 24.4 Å². The Morgan fingerprint density at radius 2 is 2.07 bits per heavy atom. The van der Waals surface area contributed by atoms with Crippen LogP contribution >= 0.6 is 0 Å². The summed E-state index contributed by atoms with van der Waals surface area (Å²) in [6, 6.07) is 0. The van der Waals surface area contributed by atoms with Gasteiger partial charge in [-0.3, -0.25) is 0 Å². The molecule has 0 saturated heterocycles. The lowest BCUT2D eigenvalue weighted by molar-refractivity contribution is -0.115. The van der Waals surface area contributed by atoms with Gasteiger partial charge in [-0.05, 0) is 0 Å². The number of nitrogens with one attached hydrogen (secondary N) is 1. The van der Waals surface area contributed by atoms with Crippen molar-refractivity contribution in [2.24, 2.45) is 0 Å². The molecule has 0 bridgehead atoms. The molecule has 1 aromatic heterocycles. The quantitative estimate of drug-likeness (QED) is 0.719. The second-order valence-electron chi connectivity index (χ2n) is 2.40. The fraction of sp³-hybridized carbons (Fsp3) is 0.333. The number of anilines is 2. The molecule has 0 amide bonds. The molecule has 1 heterocycles. The first-order valence-corrected chi connectivity index (χ1v) is 3.47. The molecule has 0 aliphatic heterocycles. The first-order valence-electron chi connectivity index (χ1n) is 3.47. The van der Waals surface area contributed by atoms with Gasteiger partial charge in [0.2, 0.25) is 5.95 Å². The van der Waals surface area contributed by atoms with Crippen LogP contribution in [0.2, 0.25) is 0 Å². The van der Waals surface area contributed by atoms with Crippen LogP contribution in [0.25, 0.3) is 0 Å². The predicted octanol–water partition coefficient (Wildman–Crippen LogP) is 1.17. The summed E-state index contributed by atoms with van der Waals surface area (Å²) in [4.78, 5) is 6.52. The summed E-state index contributed by atoms with van der Waals surface area (Å²) in [7, 11) is 0. The number of alkyl halides is 3. The van der Waals surface area contributed by atoms with Crippen LogP contribution in [0.4, 0.5) is 29.3 Å². The van der Waals surface area contributed by atoms with Crippen LogP contribution < -0.4 is 11.1 Å². The predicted molar refractivity (Wildman–Crippen MR) is 40.9 cm³/mol. The van der Waals surface area contributed by atoms with E-state index in [1.165, 1.54) is 0 Å². The maximum atomic E-state index is 12.5. The molecule has 4 nitrogen and oxygen atoms in total. The Morgan fingerprint density at radius 1 is 1.43 bits per heavy atom. The van der Waals surface area contributed by atoms with Crippen molar-refractivity contribution in [3.63, 3.8) is 0 Å². The average molecular weight is 210 g/mol. The highest BCUT2D eigenvalue weighted by Crippen LogP contribution is 2.15. The van der Waals surface area contributed by atoms with E-state index >= 15 is 0 Å². The minimum Gasteiger partial charge on any atom is -0.381 e. The molecule has 0 spiro atoms. The Bertz CT molecular complexity index is 324. The molecule has 3 N–H and O–H groups in total. The Kier molecular flexibility index (Phi) is 2.73. The lowest BCUT2D eigenvalue weighted by atomic mass is 10.5. The summed E-state index contributed by atoms with van der Waals surface area (Å²) >= 11 is 0. The number of hydrogen-bond acceptors (Lipinski definition) is 4. The van der Waals surface area contributed by atoms with E-state index in [9.17, 15) is 17.6 Å². The number of rotatable bonds is 2. The Labute approximate surface area is 76.2 Å². The second kappa shape index (κ2) is 3.64. The number of halogens is 4. The van der Waals surface area contributed by atoms with Crippen molar-refractivity contribution in [3.05, 3.63) is 12.0 Å². The van der Waals surface area contributed by atoms with E-state index in [1.54, 1.807) is 0 Å². The molecule has 14 heavy (non-hydrogen) atoms. The van der Waals surface area contributed by atoms with Crippen molar-refractivity contribution < 1.29 is 17.6 Å². The van der Waals surface area contributed by atoms with E-state index in [-0.39, 0.29) is 5.95 Å². The van der Waals surface area contributed by atoms with Gasteiger partial charge in [-0.15, -0.1) is 0 Å². The van der Waals surface area contributed by atoms with Crippen molar-refractivity contribution in [2.75, 3.05) is 17.6 Å². The maximum Gasteiger partial charge on any atom is 0.405 e. The molecule has 0 saturated carbocycles. The van der Waals surface area contributed by atoms with Gasteiger partial charge in [0.15, 0.2) is 11.6 Å². The molecule has 0 radical (unpaired) electrons. The van der Waals surface area contributed by atoms with E-state index in [4.69, 9.17) is 5.73 Å². The van der Waals surface area contributed by atoms with Gasteiger partial charge >= 0.3 is 6.18 Å². The normalized spacial score (nSPS) is 11.4. The zero-order valence-corrected chi connectivity index (χ0v) is 6.77. The Hall–Kier alpha value is -1.60. The number of nitrogens with two attached hydrogens (primary N) is 1. The zero-order valence-electron chi connectivity index (χ0n) is 6.77. The molecule has 0 aliphatic carbocycles. The fourth-order valence-electron chi connectivity index (χ4n) is 0.645. The monoisotopic (exact) mass is 210 g/mol. The molecule has 0 fully saturated rings. The molecule has 1 rings (SSSR count). The number of aromatic nitrogens is 2. The lowest BCUT2D eigenvalue weighted by Gasteiger charge is -2.07. The standard InChI is InChI=1S/C6H6F4N4/c7-3-1-12-5(14-4(3)11)13-2-6(8,9)10/h1H,2H2,(H3,11,12,13,14). The summed E-state index contributed by atoms with van der Waals surface area (Å²) in [6.07, 6.45) is -3.69. The highest BCUT2D eigenvalue weighted by atomic mass is 19.4. The lowest BCUT2D eigenvalue weighted by Crippen LogP contribution is -2.22. The third-order valence-corrected chi connectivity index (χ3v) is 1.22. The molecular weight excluding hydrogens is 204 g/mol. The van der Waals surface area contributed by atoms with Crippen LogP contribution in [0.3, 0.4) is 0 Å². The highest BCUT2D eigenvalue weighted by Gasteiger charge is 2.27. The van der Waals surface area contributed by atoms with Gasteiger partial charge in [-0.25, -0.2) is 9.37 Å². The van der Waals surface area contributed by atoms with E-state index in [2.05, 4.69) is 9.97 Å². The summed E-state index contributed by atoms with van der Waals surface area (Å²) in [5.41, 5.74) is 5.01. The van der Waals surface area contributed by atoms with Crippen LogP contribution in [0.15, 0.2) is 6.20 Å². The fourth-order valence-corrected chi connectivity index (χ4v) is 0.645. The summed E-state index contributed by atoms with van der Waals surface area (Å²) in [5, 5.41) is 1.86.